The van der Waals surface area contributed by atoms with Crippen LogP contribution in [0.2, 0.25) is 0 Å². The second-order valence-electron chi connectivity index (χ2n) is 4.52. The molecule has 0 radical (unpaired) electrons. The highest BCUT2D eigenvalue weighted by Crippen LogP contribution is 2.15. The van der Waals surface area contributed by atoms with Gasteiger partial charge < -0.3 is 11.1 Å². The van der Waals surface area contributed by atoms with Crippen LogP contribution in [0.5, 0.6) is 0 Å². The second-order valence-corrected chi connectivity index (χ2v) is 4.52. The SMILES string of the molecule is Cc1ccc(C(=O)Nc2ccc(F)c(C#CCN)c2)cc1. The number of halogens is 1. The molecule has 0 aliphatic carbocycles. The van der Waals surface area contributed by atoms with Crippen LogP contribution >= 0.6 is 0 Å². The third-order valence-electron chi connectivity index (χ3n) is 2.86. The minimum atomic E-state index is -0.440. The molecule has 0 saturated heterocycles. The number of nitrogens with one attached hydrogen (secondary N) is 1. The van der Waals surface area contributed by atoms with E-state index in [0.717, 1.165) is 5.56 Å². The number of carbonyl (C=O) groups excluding carboxylic acids is 1. The number of amides is 1. The summed E-state index contributed by atoms with van der Waals surface area (Å²) in [5.74, 6) is 4.53. The Morgan fingerprint density at radius 3 is 2.62 bits per heavy atom. The van der Waals surface area contributed by atoms with Gasteiger partial charge in [0, 0.05) is 11.3 Å². The Labute approximate surface area is 123 Å². The van der Waals surface area contributed by atoms with Crippen molar-refractivity contribution in [1.29, 1.82) is 0 Å². The summed E-state index contributed by atoms with van der Waals surface area (Å²) >= 11 is 0. The maximum absolute atomic E-state index is 13.5. The number of hydrogen-bond donors (Lipinski definition) is 2. The van der Waals surface area contributed by atoms with Crippen LogP contribution in [-0.2, 0) is 0 Å². The largest absolute Gasteiger partial charge is 0.322 e. The molecule has 3 N–H and O–H groups in total. The molecule has 3 nitrogen and oxygen atoms in total. The summed E-state index contributed by atoms with van der Waals surface area (Å²) in [5, 5.41) is 2.72. The molecule has 0 spiro atoms. The maximum Gasteiger partial charge on any atom is 0.255 e. The standard InChI is InChI=1S/C17H15FN2O/c1-12-4-6-13(7-5-12)17(21)20-15-8-9-16(18)14(11-15)3-2-10-19/h4-9,11H,10,19H2,1H3,(H,20,21). The highest BCUT2D eigenvalue weighted by Gasteiger charge is 2.07. The Bertz CT molecular complexity index is 712. The topological polar surface area (TPSA) is 55.1 Å². The molecule has 0 unspecified atom stereocenters. The van der Waals surface area contributed by atoms with E-state index < -0.39 is 5.82 Å². The molecular weight excluding hydrogens is 267 g/mol. The van der Waals surface area contributed by atoms with Crippen molar-refractivity contribution in [2.24, 2.45) is 5.73 Å². The van der Waals surface area contributed by atoms with Gasteiger partial charge in [-0.25, -0.2) is 4.39 Å². The van der Waals surface area contributed by atoms with Crippen molar-refractivity contribution >= 4 is 11.6 Å². The highest BCUT2D eigenvalue weighted by atomic mass is 19.1. The maximum atomic E-state index is 13.5. The Balaban J connectivity index is 2.19. The van der Waals surface area contributed by atoms with Crippen LogP contribution in [0.1, 0.15) is 21.5 Å². The monoisotopic (exact) mass is 282 g/mol. The number of rotatable bonds is 2. The molecule has 0 bridgehead atoms. The summed E-state index contributed by atoms with van der Waals surface area (Å²) < 4.78 is 13.5. The molecule has 106 valence electrons. The van der Waals surface area contributed by atoms with Crippen LogP contribution in [0.15, 0.2) is 42.5 Å². The lowest BCUT2D eigenvalue weighted by Gasteiger charge is -2.06. The van der Waals surface area contributed by atoms with Gasteiger partial charge in [-0.3, -0.25) is 4.79 Å². The molecule has 2 rings (SSSR count). The molecule has 0 fully saturated rings. The molecule has 2 aromatic rings. The van der Waals surface area contributed by atoms with Crippen molar-refractivity contribution in [3.8, 4) is 11.8 Å². The lowest BCUT2D eigenvalue weighted by atomic mass is 10.1. The van der Waals surface area contributed by atoms with Crippen molar-refractivity contribution in [2.75, 3.05) is 11.9 Å². The lowest BCUT2D eigenvalue weighted by Crippen LogP contribution is -2.12. The third kappa shape index (κ3) is 3.91. The van der Waals surface area contributed by atoms with E-state index in [4.69, 9.17) is 5.73 Å². The predicted molar refractivity (Wildman–Crippen MR) is 81.5 cm³/mol. The number of aryl methyl sites for hydroxylation is 1. The summed E-state index contributed by atoms with van der Waals surface area (Å²) in [4.78, 5) is 12.1. The van der Waals surface area contributed by atoms with Gasteiger partial charge in [-0.15, -0.1) is 0 Å². The molecule has 0 aliphatic rings. The van der Waals surface area contributed by atoms with Gasteiger partial charge in [0.1, 0.15) is 5.82 Å². The first-order chi connectivity index (χ1) is 10.1. The Kier molecular flexibility index (Phi) is 4.70. The second kappa shape index (κ2) is 6.69. The van der Waals surface area contributed by atoms with Gasteiger partial charge in [0.05, 0.1) is 12.1 Å². The van der Waals surface area contributed by atoms with Gasteiger partial charge in [0.2, 0.25) is 0 Å². The molecule has 0 aromatic heterocycles. The van der Waals surface area contributed by atoms with Crippen LogP contribution in [0, 0.1) is 24.6 Å². The predicted octanol–water partition coefficient (Wildman–Crippen LogP) is 2.70. The Morgan fingerprint density at radius 1 is 1.24 bits per heavy atom. The van der Waals surface area contributed by atoms with E-state index in [1.807, 2.05) is 19.1 Å². The molecule has 1 amide bonds. The summed E-state index contributed by atoms with van der Waals surface area (Å²) in [5.41, 5.74) is 7.58. The minimum absolute atomic E-state index is 0.152. The molecule has 4 heteroatoms. The van der Waals surface area contributed by atoms with Gasteiger partial charge in [-0.1, -0.05) is 29.5 Å². The average Bonchev–Trinajstić information content (AvgIpc) is 2.48. The smallest absolute Gasteiger partial charge is 0.255 e. The number of carbonyl (C=O) groups is 1. The van der Waals surface area contributed by atoms with E-state index >= 15 is 0 Å². The van der Waals surface area contributed by atoms with Crippen molar-refractivity contribution in [1.82, 2.24) is 0 Å². The normalized spacial score (nSPS) is 9.67. The Hall–Kier alpha value is -2.64. The first-order valence-corrected chi connectivity index (χ1v) is 6.46. The molecule has 2 aromatic carbocycles. The summed E-state index contributed by atoms with van der Waals surface area (Å²) in [6.45, 7) is 2.10. The first-order valence-electron chi connectivity index (χ1n) is 6.46. The van der Waals surface area contributed by atoms with Gasteiger partial charge in [0.15, 0.2) is 0 Å². The fraction of sp³-hybridized carbons (Fsp3) is 0.118. The quantitative estimate of drug-likeness (QED) is 0.832. The number of hydrogen-bond acceptors (Lipinski definition) is 2. The van der Waals surface area contributed by atoms with Crippen LogP contribution in [0.4, 0.5) is 10.1 Å². The van der Waals surface area contributed by atoms with Crippen molar-refractivity contribution < 1.29 is 9.18 Å². The van der Waals surface area contributed by atoms with Crippen LogP contribution < -0.4 is 11.1 Å². The van der Waals surface area contributed by atoms with E-state index in [9.17, 15) is 9.18 Å². The third-order valence-corrected chi connectivity index (χ3v) is 2.86. The van der Waals surface area contributed by atoms with Crippen molar-refractivity contribution in [2.45, 2.75) is 6.92 Å². The molecule has 21 heavy (non-hydrogen) atoms. The Morgan fingerprint density at radius 2 is 1.95 bits per heavy atom. The summed E-state index contributed by atoms with van der Waals surface area (Å²) in [7, 11) is 0. The van der Waals surface area contributed by atoms with Gasteiger partial charge in [-0.2, -0.15) is 0 Å². The van der Waals surface area contributed by atoms with Crippen LogP contribution in [-0.4, -0.2) is 12.5 Å². The fourth-order valence-corrected chi connectivity index (χ4v) is 1.75. The number of nitrogens with two attached hydrogens (primary N) is 1. The van der Waals surface area contributed by atoms with E-state index in [0.29, 0.717) is 11.3 Å². The first kappa shape index (κ1) is 14.8. The van der Waals surface area contributed by atoms with Gasteiger partial charge in [-0.05, 0) is 37.3 Å². The molecule has 0 heterocycles. The molecular formula is C17H15FN2O. The minimum Gasteiger partial charge on any atom is -0.322 e. The van der Waals surface area contributed by atoms with Gasteiger partial charge in [0.25, 0.3) is 5.91 Å². The number of benzene rings is 2. The zero-order valence-corrected chi connectivity index (χ0v) is 11.6. The van der Waals surface area contributed by atoms with Gasteiger partial charge >= 0.3 is 0 Å². The zero-order chi connectivity index (χ0) is 15.2. The zero-order valence-electron chi connectivity index (χ0n) is 11.6. The van der Waals surface area contributed by atoms with Crippen LogP contribution in [0.25, 0.3) is 0 Å². The number of anilines is 1. The van der Waals surface area contributed by atoms with Crippen LogP contribution in [0.3, 0.4) is 0 Å². The van der Waals surface area contributed by atoms with E-state index in [-0.39, 0.29) is 18.0 Å². The summed E-state index contributed by atoms with van der Waals surface area (Å²) in [6.07, 6.45) is 0. The van der Waals surface area contributed by atoms with Crippen molar-refractivity contribution in [3.05, 3.63) is 65.0 Å². The van der Waals surface area contributed by atoms with Crippen molar-refractivity contribution in [3.63, 3.8) is 0 Å². The van der Waals surface area contributed by atoms with E-state index in [1.54, 1.807) is 12.1 Å². The van der Waals surface area contributed by atoms with E-state index in [2.05, 4.69) is 17.2 Å². The lowest BCUT2D eigenvalue weighted by molar-refractivity contribution is 0.102. The molecule has 0 saturated carbocycles. The summed E-state index contributed by atoms with van der Waals surface area (Å²) in [6, 6.07) is 11.5. The average molecular weight is 282 g/mol. The molecule has 0 atom stereocenters. The highest BCUT2D eigenvalue weighted by molar-refractivity contribution is 6.04. The molecule has 0 aliphatic heterocycles. The fourth-order valence-electron chi connectivity index (χ4n) is 1.75. The van der Waals surface area contributed by atoms with E-state index in [1.165, 1.54) is 18.2 Å².